The van der Waals surface area contributed by atoms with Gasteiger partial charge in [0.25, 0.3) is 0 Å². The van der Waals surface area contributed by atoms with Crippen LogP contribution in [0.3, 0.4) is 0 Å². The predicted molar refractivity (Wildman–Crippen MR) is 131 cm³/mol. The van der Waals surface area contributed by atoms with E-state index in [-0.39, 0.29) is 6.10 Å². The van der Waals surface area contributed by atoms with Crippen molar-refractivity contribution < 1.29 is 13.5 Å². The van der Waals surface area contributed by atoms with Gasteiger partial charge >= 0.3 is 0 Å². The van der Waals surface area contributed by atoms with Crippen LogP contribution < -0.4 is 16.0 Å². The molecule has 9 heteroatoms. The Morgan fingerprint density at radius 1 is 1.03 bits per heavy atom. The highest BCUT2D eigenvalue weighted by Crippen LogP contribution is 2.40. The molecule has 4 heterocycles. The lowest BCUT2D eigenvalue weighted by molar-refractivity contribution is -0.00896. The fourth-order valence-corrected chi connectivity index (χ4v) is 5.15. The SMILES string of the molecule is Nc1cncnc1-c1ccc2ncc(-c3cc(F)cc(F)c3)c(N3CCC4NCCOC4C3)c2c1. The Hall–Kier alpha value is -3.69. The molecule has 2 aliphatic rings. The first kappa shape index (κ1) is 21.8. The number of rotatable bonds is 3. The third-order valence-electron chi connectivity index (χ3n) is 6.74. The molecule has 35 heavy (non-hydrogen) atoms. The summed E-state index contributed by atoms with van der Waals surface area (Å²) in [5.74, 6) is -1.26. The van der Waals surface area contributed by atoms with Crippen molar-refractivity contribution in [3.05, 3.63) is 66.8 Å². The van der Waals surface area contributed by atoms with Crippen LogP contribution in [-0.2, 0) is 4.74 Å². The van der Waals surface area contributed by atoms with E-state index in [9.17, 15) is 8.78 Å². The molecule has 2 saturated heterocycles. The van der Waals surface area contributed by atoms with Crippen LogP contribution in [0, 0.1) is 11.6 Å². The van der Waals surface area contributed by atoms with Gasteiger partial charge in [-0.15, -0.1) is 0 Å². The summed E-state index contributed by atoms with van der Waals surface area (Å²) in [7, 11) is 0. The molecule has 0 spiro atoms. The number of aromatic nitrogens is 3. The van der Waals surface area contributed by atoms with Crippen molar-refractivity contribution in [1.29, 1.82) is 0 Å². The number of ether oxygens (including phenoxy) is 1. The van der Waals surface area contributed by atoms with Crippen molar-refractivity contribution in [3.63, 3.8) is 0 Å². The minimum atomic E-state index is -0.632. The summed E-state index contributed by atoms with van der Waals surface area (Å²) < 4.78 is 34.5. The van der Waals surface area contributed by atoms with Crippen LogP contribution in [0.4, 0.5) is 20.2 Å². The first-order valence-corrected chi connectivity index (χ1v) is 11.6. The zero-order valence-corrected chi connectivity index (χ0v) is 18.9. The number of benzene rings is 2. The van der Waals surface area contributed by atoms with E-state index in [1.165, 1.54) is 18.5 Å². The molecule has 7 nitrogen and oxygen atoms in total. The van der Waals surface area contributed by atoms with E-state index in [0.29, 0.717) is 41.7 Å². The van der Waals surface area contributed by atoms with Gasteiger partial charge in [-0.25, -0.2) is 18.7 Å². The molecule has 2 fully saturated rings. The lowest BCUT2D eigenvalue weighted by Crippen LogP contribution is -2.57. The average molecular weight is 475 g/mol. The van der Waals surface area contributed by atoms with Crippen LogP contribution in [0.2, 0.25) is 0 Å². The topological polar surface area (TPSA) is 89.2 Å². The molecule has 0 radical (unpaired) electrons. The molecular weight excluding hydrogens is 450 g/mol. The van der Waals surface area contributed by atoms with Crippen molar-refractivity contribution in [1.82, 2.24) is 20.3 Å². The molecule has 6 rings (SSSR count). The second-order valence-electron chi connectivity index (χ2n) is 8.94. The minimum Gasteiger partial charge on any atom is -0.396 e. The van der Waals surface area contributed by atoms with Crippen LogP contribution in [0.15, 0.2) is 55.1 Å². The number of morpholine rings is 1. The number of nitrogens with one attached hydrogen (secondary N) is 1. The highest BCUT2D eigenvalue weighted by atomic mass is 19.1. The molecule has 2 aliphatic heterocycles. The Bertz CT molecular complexity index is 1390. The molecule has 2 unspecified atom stereocenters. The third kappa shape index (κ3) is 4.06. The fourth-order valence-electron chi connectivity index (χ4n) is 5.15. The standard InChI is InChI=1S/C26H24F2N6O/c27-17-7-16(8-18(28)10-17)20-11-32-22-2-1-15(25-21(29)12-30-14-33-25)9-19(22)26(20)34-5-3-23-24(13-34)35-6-4-31-23/h1-2,7-12,14,23-24,31H,3-6,13,29H2. The zero-order chi connectivity index (χ0) is 23.9. The van der Waals surface area contributed by atoms with Gasteiger partial charge in [-0.1, -0.05) is 6.07 Å². The summed E-state index contributed by atoms with van der Waals surface area (Å²) >= 11 is 0. The molecule has 0 bridgehead atoms. The smallest absolute Gasteiger partial charge is 0.126 e. The number of nitrogens with zero attached hydrogens (tertiary/aromatic N) is 4. The van der Waals surface area contributed by atoms with Crippen molar-refractivity contribution in [2.75, 3.05) is 36.9 Å². The minimum absolute atomic E-state index is 0.0264. The van der Waals surface area contributed by atoms with E-state index in [2.05, 4.69) is 25.2 Å². The van der Waals surface area contributed by atoms with Crippen LogP contribution in [-0.4, -0.2) is 53.3 Å². The Labute approximate surface area is 201 Å². The summed E-state index contributed by atoms with van der Waals surface area (Å²) in [6.45, 7) is 2.92. The number of hydrogen-bond donors (Lipinski definition) is 2. The lowest BCUT2D eigenvalue weighted by atomic mass is 9.95. The quantitative estimate of drug-likeness (QED) is 0.467. The molecule has 0 aliphatic carbocycles. The van der Waals surface area contributed by atoms with E-state index in [1.807, 2.05) is 18.2 Å². The van der Waals surface area contributed by atoms with Gasteiger partial charge in [0.05, 0.1) is 41.5 Å². The van der Waals surface area contributed by atoms with Crippen LogP contribution in [0.5, 0.6) is 0 Å². The normalized spacial score (nSPS) is 20.1. The monoisotopic (exact) mass is 474 g/mol. The molecule has 0 saturated carbocycles. The van der Waals surface area contributed by atoms with Crippen LogP contribution in [0.1, 0.15) is 6.42 Å². The average Bonchev–Trinajstić information content (AvgIpc) is 2.87. The zero-order valence-electron chi connectivity index (χ0n) is 18.9. The second-order valence-corrected chi connectivity index (χ2v) is 8.94. The van der Waals surface area contributed by atoms with Gasteiger partial charge in [0.15, 0.2) is 0 Å². The highest BCUT2D eigenvalue weighted by Gasteiger charge is 2.33. The van der Waals surface area contributed by atoms with E-state index in [4.69, 9.17) is 10.5 Å². The van der Waals surface area contributed by atoms with Gasteiger partial charge in [-0.2, -0.15) is 0 Å². The Balaban J connectivity index is 1.55. The van der Waals surface area contributed by atoms with Crippen LogP contribution >= 0.6 is 0 Å². The number of pyridine rings is 1. The Morgan fingerprint density at radius 3 is 2.71 bits per heavy atom. The summed E-state index contributed by atoms with van der Waals surface area (Å²) in [5, 5.41) is 4.39. The number of nitrogen functional groups attached to an aromatic ring is 1. The van der Waals surface area contributed by atoms with Gasteiger partial charge < -0.3 is 20.7 Å². The number of piperidine rings is 1. The fraction of sp³-hybridized carbons (Fsp3) is 0.269. The van der Waals surface area contributed by atoms with Crippen molar-refractivity contribution in [2.24, 2.45) is 0 Å². The largest absolute Gasteiger partial charge is 0.396 e. The van der Waals surface area contributed by atoms with Gasteiger partial charge in [-0.3, -0.25) is 4.98 Å². The summed E-state index contributed by atoms with van der Waals surface area (Å²) in [6, 6.07) is 9.67. The second kappa shape index (κ2) is 8.83. The van der Waals surface area contributed by atoms with Gasteiger partial charge in [0, 0.05) is 54.5 Å². The number of halogens is 2. The first-order chi connectivity index (χ1) is 17.1. The molecule has 2 aromatic carbocycles. The summed E-state index contributed by atoms with van der Waals surface area (Å²) in [6.07, 6.45) is 5.63. The maximum absolute atomic E-state index is 14.2. The van der Waals surface area contributed by atoms with Crippen LogP contribution in [0.25, 0.3) is 33.3 Å². The van der Waals surface area contributed by atoms with E-state index in [1.54, 1.807) is 12.4 Å². The molecular formula is C26H24F2N6O. The van der Waals surface area contributed by atoms with Crippen molar-refractivity contribution >= 4 is 22.3 Å². The molecule has 0 amide bonds. The number of anilines is 2. The Morgan fingerprint density at radius 2 is 1.89 bits per heavy atom. The third-order valence-corrected chi connectivity index (χ3v) is 6.74. The predicted octanol–water partition coefficient (Wildman–Crippen LogP) is 3.79. The van der Waals surface area contributed by atoms with E-state index >= 15 is 0 Å². The van der Waals surface area contributed by atoms with Gasteiger partial charge in [0.1, 0.15) is 18.0 Å². The molecule has 3 N–H and O–H groups in total. The Kier molecular flexibility index (Phi) is 5.50. The lowest BCUT2D eigenvalue weighted by Gasteiger charge is -2.43. The molecule has 178 valence electrons. The van der Waals surface area contributed by atoms with E-state index < -0.39 is 11.6 Å². The number of hydrogen-bond acceptors (Lipinski definition) is 7. The van der Waals surface area contributed by atoms with Crippen molar-refractivity contribution in [3.8, 4) is 22.4 Å². The maximum Gasteiger partial charge on any atom is 0.126 e. The number of fused-ring (bicyclic) bond motifs is 2. The first-order valence-electron chi connectivity index (χ1n) is 11.6. The van der Waals surface area contributed by atoms with E-state index in [0.717, 1.165) is 47.7 Å². The van der Waals surface area contributed by atoms with Gasteiger partial charge in [-0.05, 0) is 36.2 Å². The molecule has 2 atom stereocenters. The molecule has 2 aromatic heterocycles. The maximum atomic E-state index is 14.2. The number of nitrogens with two attached hydrogens (primary N) is 1. The summed E-state index contributed by atoms with van der Waals surface area (Å²) in [4.78, 5) is 15.2. The highest BCUT2D eigenvalue weighted by molar-refractivity contribution is 6.02. The summed E-state index contributed by atoms with van der Waals surface area (Å²) in [5.41, 5.74) is 10.8. The molecule has 4 aromatic rings. The van der Waals surface area contributed by atoms with Crippen molar-refractivity contribution in [2.45, 2.75) is 18.6 Å². The van der Waals surface area contributed by atoms with Gasteiger partial charge in [0.2, 0.25) is 0 Å².